The third-order valence-electron chi connectivity index (χ3n) is 2.13. The highest BCUT2D eigenvalue weighted by Gasteiger charge is 2.18. The van der Waals surface area contributed by atoms with Crippen molar-refractivity contribution >= 4 is 23.6 Å². The third kappa shape index (κ3) is 5.18. The highest BCUT2D eigenvalue weighted by atomic mass is 32.2. The van der Waals surface area contributed by atoms with Crippen molar-refractivity contribution in [2.24, 2.45) is 0 Å². The number of alkyl halides is 1. The number of hydrogen-bond acceptors (Lipinski definition) is 3. The summed E-state index contributed by atoms with van der Waals surface area (Å²) in [5, 5.41) is 10.7. The average molecular weight is 271 g/mol. The predicted molar refractivity (Wildman–Crippen MR) is 67.3 cm³/mol. The Morgan fingerprint density at radius 3 is 2.56 bits per heavy atom. The molecule has 0 spiro atoms. The molecule has 0 aromatic heterocycles. The molecule has 0 saturated carbocycles. The van der Waals surface area contributed by atoms with Crippen LogP contribution in [0.1, 0.15) is 6.42 Å². The summed E-state index contributed by atoms with van der Waals surface area (Å²) >= 11 is 1.49. The van der Waals surface area contributed by atoms with E-state index in [4.69, 9.17) is 5.11 Å². The summed E-state index contributed by atoms with van der Waals surface area (Å²) < 4.78 is 12.3. The number of aliphatic carboxylic acids is 1. The molecule has 0 aliphatic rings. The van der Waals surface area contributed by atoms with E-state index in [1.807, 2.05) is 30.3 Å². The number of carbonyl (C=O) groups is 2. The van der Waals surface area contributed by atoms with Crippen molar-refractivity contribution in [3.8, 4) is 0 Å². The highest BCUT2D eigenvalue weighted by molar-refractivity contribution is 7.99. The van der Waals surface area contributed by atoms with E-state index in [0.717, 1.165) is 4.90 Å². The van der Waals surface area contributed by atoms with E-state index in [2.05, 4.69) is 5.32 Å². The fourth-order valence-corrected chi connectivity index (χ4v) is 2.08. The zero-order valence-electron chi connectivity index (χ0n) is 9.64. The van der Waals surface area contributed by atoms with Gasteiger partial charge in [0.15, 0.2) is 6.04 Å². The average Bonchev–Trinajstić information content (AvgIpc) is 2.37. The number of carboxylic acids is 1. The number of thioether (sulfide) groups is 1. The molecule has 0 saturated heterocycles. The number of carbonyl (C=O) groups excluding carboxylic acids is 1. The Labute approximate surface area is 109 Å². The Balaban J connectivity index is 2.27. The molecule has 0 aliphatic carbocycles. The first-order valence-electron chi connectivity index (χ1n) is 5.39. The summed E-state index contributed by atoms with van der Waals surface area (Å²) in [6, 6.07) is 8.08. The first kappa shape index (κ1) is 14.5. The number of hydrogen-bond donors (Lipinski definition) is 2. The molecular weight excluding hydrogens is 257 g/mol. The molecule has 4 nitrogen and oxygen atoms in total. The largest absolute Gasteiger partial charge is 0.480 e. The van der Waals surface area contributed by atoms with Crippen molar-refractivity contribution in [2.45, 2.75) is 17.4 Å². The standard InChI is InChI=1S/C12H14FNO3S/c13-8-10(12(16)17)14-11(15)6-7-18-9-4-2-1-3-5-9/h1-5,10H,6-8H2,(H,14,15)(H,16,17). The molecule has 1 atom stereocenters. The Hall–Kier alpha value is -1.56. The van der Waals surface area contributed by atoms with Gasteiger partial charge in [0.25, 0.3) is 0 Å². The number of carboxylic acid groups (broad SMARTS) is 1. The normalized spacial score (nSPS) is 11.8. The van der Waals surface area contributed by atoms with Crippen LogP contribution in [0.15, 0.2) is 35.2 Å². The molecule has 1 aromatic carbocycles. The van der Waals surface area contributed by atoms with E-state index in [1.165, 1.54) is 11.8 Å². The molecule has 18 heavy (non-hydrogen) atoms. The molecule has 1 rings (SSSR count). The zero-order chi connectivity index (χ0) is 13.4. The molecule has 6 heteroatoms. The molecule has 1 amide bonds. The second kappa shape index (κ2) is 7.71. The maximum Gasteiger partial charge on any atom is 0.328 e. The second-order valence-corrected chi connectivity index (χ2v) is 4.69. The van der Waals surface area contributed by atoms with Crippen LogP contribution in [0.25, 0.3) is 0 Å². The highest BCUT2D eigenvalue weighted by Crippen LogP contribution is 2.17. The lowest BCUT2D eigenvalue weighted by molar-refractivity contribution is -0.142. The molecular formula is C12H14FNO3S. The maximum atomic E-state index is 12.3. The van der Waals surface area contributed by atoms with Crippen molar-refractivity contribution in [1.29, 1.82) is 0 Å². The van der Waals surface area contributed by atoms with Gasteiger partial charge in [-0.2, -0.15) is 0 Å². The molecule has 1 unspecified atom stereocenters. The van der Waals surface area contributed by atoms with E-state index in [0.29, 0.717) is 5.75 Å². The van der Waals surface area contributed by atoms with Crippen molar-refractivity contribution < 1.29 is 19.1 Å². The van der Waals surface area contributed by atoms with Gasteiger partial charge in [0.1, 0.15) is 6.67 Å². The van der Waals surface area contributed by atoms with E-state index in [-0.39, 0.29) is 6.42 Å². The molecule has 0 aliphatic heterocycles. The van der Waals surface area contributed by atoms with Crippen LogP contribution in [0.5, 0.6) is 0 Å². The summed E-state index contributed by atoms with van der Waals surface area (Å²) in [5.41, 5.74) is 0. The van der Waals surface area contributed by atoms with Crippen LogP contribution in [0.2, 0.25) is 0 Å². The molecule has 0 fully saturated rings. The summed E-state index contributed by atoms with van der Waals surface area (Å²) in [6.07, 6.45) is 0.156. The summed E-state index contributed by atoms with van der Waals surface area (Å²) in [7, 11) is 0. The number of rotatable bonds is 7. The van der Waals surface area contributed by atoms with E-state index in [1.54, 1.807) is 0 Å². The predicted octanol–water partition coefficient (Wildman–Crippen LogP) is 1.71. The lowest BCUT2D eigenvalue weighted by atomic mass is 10.3. The number of benzene rings is 1. The minimum atomic E-state index is -1.45. The van der Waals surface area contributed by atoms with Crippen LogP contribution in [-0.4, -0.2) is 35.5 Å². The number of halogens is 1. The van der Waals surface area contributed by atoms with E-state index in [9.17, 15) is 14.0 Å². The lowest BCUT2D eigenvalue weighted by Crippen LogP contribution is -2.42. The molecule has 0 radical (unpaired) electrons. The molecule has 98 valence electrons. The van der Waals surface area contributed by atoms with Gasteiger partial charge in [0.2, 0.25) is 5.91 Å². The third-order valence-corrected chi connectivity index (χ3v) is 3.14. The van der Waals surface area contributed by atoms with Gasteiger partial charge in [-0.1, -0.05) is 18.2 Å². The van der Waals surface area contributed by atoms with Crippen LogP contribution in [0.3, 0.4) is 0 Å². The van der Waals surface area contributed by atoms with Crippen molar-refractivity contribution in [1.82, 2.24) is 5.32 Å². The second-order valence-electron chi connectivity index (χ2n) is 3.52. The quantitative estimate of drug-likeness (QED) is 0.741. The Kier molecular flexibility index (Phi) is 6.21. The molecule has 2 N–H and O–H groups in total. The Morgan fingerprint density at radius 2 is 2.00 bits per heavy atom. The van der Waals surface area contributed by atoms with Gasteiger partial charge in [-0.25, -0.2) is 9.18 Å². The number of nitrogens with one attached hydrogen (secondary N) is 1. The van der Waals surface area contributed by atoms with Crippen molar-refractivity contribution in [2.75, 3.05) is 12.4 Å². The van der Waals surface area contributed by atoms with Gasteiger partial charge in [-0.3, -0.25) is 4.79 Å². The lowest BCUT2D eigenvalue weighted by Gasteiger charge is -2.10. The van der Waals surface area contributed by atoms with Crippen LogP contribution in [0, 0.1) is 0 Å². The van der Waals surface area contributed by atoms with Crippen LogP contribution >= 0.6 is 11.8 Å². The summed E-state index contributed by atoms with van der Waals surface area (Å²) in [5.74, 6) is -1.29. The van der Waals surface area contributed by atoms with Crippen LogP contribution in [0.4, 0.5) is 4.39 Å². The van der Waals surface area contributed by atoms with E-state index >= 15 is 0 Å². The monoisotopic (exact) mass is 271 g/mol. The Bertz CT molecular complexity index is 400. The smallest absolute Gasteiger partial charge is 0.328 e. The van der Waals surface area contributed by atoms with Crippen molar-refractivity contribution in [3.05, 3.63) is 30.3 Å². The van der Waals surface area contributed by atoms with Gasteiger partial charge in [0.05, 0.1) is 0 Å². The minimum Gasteiger partial charge on any atom is -0.480 e. The topological polar surface area (TPSA) is 66.4 Å². The molecule has 0 heterocycles. The summed E-state index contributed by atoms with van der Waals surface area (Å²) in [6.45, 7) is -1.10. The maximum absolute atomic E-state index is 12.3. The van der Waals surface area contributed by atoms with Crippen LogP contribution in [-0.2, 0) is 9.59 Å². The Morgan fingerprint density at radius 1 is 1.33 bits per heavy atom. The number of amides is 1. The first-order valence-corrected chi connectivity index (χ1v) is 6.38. The van der Waals surface area contributed by atoms with E-state index < -0.39 is 24.6 Å². The van der Waals surface area contributed by atoms with Gasteiger partial charge >= 0.3 is 5.97 Å². The zero-order valence-corrected chi connectivity index (χ0v) is 10.5. The summed E-state index contributed by atoms with van der Waals surface area (Å²) in [4.78, 5) is 22.9. The van der Waals surface area contributed by atoms with Crippen LogP contribution < -0.4 is 5.32 Å². The van der Waals surface area contributed by atoms with Gasteiger partial charge in [0, 0.05) is 17.1 Å². The minimum absolute atomic E-state index is 0.156. The SMILES string of the molecule is O=C(CCSc1ccccc1)NC(CF)C(=O)O. The van der Waals surface area contributed by atoms with Gasteiger partial charge in [-0.15, -0.1) is 11.8 Å². The first-order chi connectivity index (χ1) is 8.63. The van der Waals surface area contributed by atoms with Gasteiger partial charge in [-0.05, 0) is 12.1 Å². The van der Waals surface area contributed by atoms with Gasteiger partial charge < -0.3 is 10.4 Å². The van der Waals surface area contributed by atoms with Crippen molar-refractivity contribution in [3.63, 3.8) is 0 Å². The fraction of sp³-hybridized carbons (Fsp3) is 0.333. The molecule has 1 aromatic rings. The molecule has 0 bridgehead atoms. The fourth-order valence-electron chi connectivity index (χ4n) is 1.21.